The Morgan fingerprint density at radius 1 is 1.53 bits per heavy atom. The molecule has 0 saturated heterocycles. The number of aliphatic hydroxyl groups excluding tert-OH is 1. The number of nitrogens with one attached hydrogen (secondary N) is 1. The average Bonchev–Trinajstić information content (AvgIpc) is 2.23. The molecule has 0 saturated carbocycles. The molecule has 0 aliphatic heterocycles. The number of aliphatic hydroxyl groups is 1. The zero-order valence-electron chi connectivity index (χ0n) is 8.82. The van der Waals surface area contributed by atoms with E-state index >= 15 is 0 Å². The van der Waals surface area contributed by atoms with E-state index in [-0.39, 0.29) is 11.6 Å². The molecule has 0 radical (unpaired) electrons. The lowest BCUT2D eigenvalue weighted by Gasteiger charge is -2.15. The summed E-state index contributed by atoms with van der Waals surface area (Å²) in [5.74, 6) is 0.290. The van der Waals surface area contributed by atoms with Crippen LogP contribution in [-0.2, 0) is 0 Å². The van der Waals surface area contributed by atoms with E-state index in [9.17, 15) is 13.2 Å². The van der Waals surface area contributed by atoms with Gasteiger partial charge in [-0.05, 0) is 6.26 Å². The molecule has 0 aliphatic carbocycles. The normalized spacial score (nSPS) is 13.5. The third kappa shape index (κ3) is 4.27. The largest absolute Gasteiger partial charge is 0.416 e. The van der Waals surface area contributed by atoms with Gasteiger partial charge in [-0.25, -0.2) is 9.97 Å². The van der Waals surface area contributed by atoms with Gasteiger partial charge in [0.2, 0.25) is 0 Å². The minimum Gasteiger partial charge on any atom is -0.383 e. The average molecular weight is 268 g/mol. The molecule has 1 unspecified atom stereocenters. The molecule has 9 heteroatoms. The molecule has 0 bridgehead atoms. The molecular weight excluding hydrogens is 257 g/mol. The molecule has 0 fully saturated rings. The van der Waals surface area contributed by atoms with E-state index in [4.69, 9.17) is 10.8 Å². The second-order valence-corrected chi connectivity index (χ2v) is 3.88. The summed E-state index contributed by atoms with van der Waals surface area (Å²) in [6, 6.07) is 1.29. The third-order valence-corrected chi connectivity index (χ3v) is 2.31. The van der Waals surface area contributed by atoms with Crippen LogP contribution in [-0.4, -0.2) is 40.2 Å². The van der Waals surface area contributed by atoms with Crippen LogP contribution in [0.25, 0.3) is 0 Å². The van der Waals surface area contributed by atoms with Crippen molar-refractivity contribution in [2.45, 2.75) is 17.4 Å². The maximum atomic E-state index is 12.0. The van der Waals surface area contributed by atoms with Gasteiger partial charge in [0.15, 0.2) is 11.3 Å². The Bertz CT molecular complexity index is 388. The Morgan fingerprint density at radius 3 is 2.71 bits per heavy atom. The van der Waals surface area contributed by atoms with Crippen LogP contribution in [0.5, 0.6) is 0 Å². The van der Waals surface area contributed by atoms with E-state index in [1.54, 1.807) is 6.26 Å². The number of rotatable bonds is 4. The molecular formula is C8H11F3N4OS. The Hall–Kier alpha value is -1.22. The van der Waals surface area contributed by atoms with Gasteiger partial charge in [-0.2, -0.15) is 13.2 Å². The predicted octanol–water partition coefficient (Wildman–Crippen LogP) is 1.12. The van der Waals surface area contributed by atoms with Crippen molar-refractivity contribution in [2.75, 3.05) is 23.9 Å². The van der Waals surface area contributed by atoms with Crippen LogP contribution in [0.1, 0.15) is 0 Å². The smallest absolute Gasteiger partial charge is 0.383 e. The van der Waals surface area contributed by atoms with Gasteiger partial charge in [-0.3, -0.25) is 0 Å². The third-order valence-electron chi connectivity index (χ3n) is 1.76. The molecule has 0 spiro atoms. The molecule has 0 amide bonds. The Kier molecular flexibility index (Phi) is 4.40. The second kappa shape index (κ2) is 5.41. The predicted molar refractivity (Wildman–Crippen MR) is 58.8 cm³/mol. The lowest BCUT2D eigenvalue weighted by Crippen LogP contribution is -2.35. The molecule has 1 rings (SSSR count). The number of aromatic nitrogens is 2. The highest BCUT2D eigenvalue weighted by Crippen LogP contribution is 2.21. The number of hydrogen-bond donors (Lipinski definition) is 3. The zero-order chi connectivity index (χ0) is 13.1. The van der Waals surface area contributed by atoms with Gasteiger partial charge in [0.25, 0.3) is 0 Å². The maximum Gasteiger partial charge on any atom is 0.416 e. The SMILES string of the molecule is CSc1nc(N)cc(NCC(O)C(F)(F)F)n1. The lowest BCUT2D eigenvalue weighted by atomic mass is 10.3. The van der Waals surface area contributed by atoms with E-state index < -0.39 is 18.8 Å². The van der Waals surface area contributed by atoms with Crippen LogP contribution in [0.2, 0.25) is 0 Å². The molecule has 1 heterocycles. The summed E-state index contributed by atoms with van der Waals surface area (Å²) in [5.41, 5.74) is 5.44. The first kappa shape index (κ1) is 13.8. The first-order valence-electron chi connectivity index (χ1n) is 4.50. The van der Waals surface area contributed by atoms with Crippen molar-refractivity contribution in [1.29, 1.82) is 0 Å². The second-order valence-electron chi connectivity index (χ2n) is 3.10. The fourth-order valence-electron chi connectivity index (χ4n) is 0.942. The lowest BCUT2D eigenvalue weighted by molar-refractivity contribution is -0.198. The molecule has 0 aromatic carbocycles. The van der Waals surface area contributed by atoms with Gasteiger partial charge < -0.3 is 16.2 Å². The molecule has 5 nitrogen and oxygen atoms in total. The molecule has 1 atom stereocenters. The van der Waals surface area contributed by atoms with Gasteiger partial charge in [0.1, 0.15) is 11.6 Å². The number of thioether (sulfide) groups is 1. The molecule has 1 aromatic heterocycles. The van der Waals surface area contributed by atoms with Crippen LogP contribution in [0.15, 0.2) is 11.2 Å². The fraction of sp³-hybridized carbons (Fsp3) is 0.500. The van der Waals surface area contributed by atoms with E-state index in [2.05, 4.69) is 15.3 Å². The first-order valence-corrected chi connectivity index (χ1v) is 5.72. The summed E-state index contributed by atoms with van der Waals surface area (Å²) in [5, 5.41) is 11.5. The summed E-state index contributed by atoms with van der Waals surface area (Å²) in [6.45, 7) is -0.687. The summed E-state index contributed by atoms with van der Waals surface area (Å²) >= 11 is 1.21. The number of nitrogens with zero attached hydrogens (tertiary/aromatic N) is 2. The molecule has 0 aliphatic rings. The van der Waals surface area contributed by atoms with Gasteiger partial charge in [0, 0.05) is 6.07 Å². The molecule has 1 aromatic rings. The monoisotopic (exact) mass is 268 g/mol. The van der Waals surface area contributed by atoms with Crippen LogP contribution >= 0.6 is 11.8 Å². The Morgan fingerprint density at radius 2 is 2.18 bits per heavy atom. The van der Waals surface area contributed by atoms with Crippen molar-refractivity contribution in [3.05, 3.63) is 6.07 Å². The topological polar surface area (TPSA) is 84.1 Å². The van der Waals surface area contributed by atoms with E-state index in [0.29, 0.717) is 5.16 Å². The summed E-state index contributed by atoms with van der Waals surface area (Å²) in [4.78, 5) is 7.72. The van der Waals surface area contributed by atoms with Crippen molar-refractivity contribution >= 4 is 23.4 Å². The Balaban J connectivity index is 2.66. The van der Waals surface area contributed by atoms with Crippen molar-refractivity contribution in [1.82, 2.24) is 9.97 Å². The number of anilines is 2. The maximum absolute atomic E-state index is 12.0. The number of alkyl halides is 3. The molecule has 4 N–H and O–H groups in total. The fourth-order valence-corrected chi connectivity index (χ4v) is 1.33. The number of halogens is 3. The molecule has 96 valence electrons. The van der Waals surface area contributed by atoms with Crippen LogP contribution in [0.4, 0.5) is 24.8 Å². The molecule has 17 heavy (non-hydrogen) atoms. The summed E-state index contributed by atoms with van der Waals surface area (Å²) in [7, 11) is 0. The first-order chi connectivity index (χ1) is 7.82. The standard InChI is InChI=1S/C8H11F3N4OS/c1-17-7-14-5(12)2-6(15-7)13-3-4(16)8(9,10)11/h2,4,16H,3H2,1H3,(H3,12,13,14,15). The van der Waals surface area contributed by atoms with Crippen molar-refractivity contribution in [2.24, 2.45) is 0 Å². The van der Waals surface area contributed by atoms with E-state index in [1.165, 1.54) is 17.8 Å². The van der Waals surface area contributed by atoms with Crippen molar-refractivity contribution in [3.8, 4) is 0 Å². The number of hydrogen-bond acceptors (Lipinski definition) is 6. The highest BCUT2D eigenvalue weighted by molar-refractivity contribution is 7.98. The van der Waals surface area contributed by atoms with E-state index in [1.807, 2.05) is 0 Å². The van der Waals surface area contributed by atoms with Crippen molar-refractivity contribution < 1.29 is 18.3 Å². The van der Waals surface area contributed by atoms with Crippen LogP contribution < -0.4 is 11.1 Å². The Labute approximate surface area is 99.6 Å². The van der Waals surface area contributed by atoms with Crippen molar-refractivity contribution in [3.63, 3.8) is 0 Å². The quantitative estimate of drug-likeness (QED) is 0.560. The van der Waals surface area contributed by atoms with Gasteiger partial charge in [-0.15, -0.1) is 0 Å². The van der Waals surface area contributed by atoms with Crippen LogP contribution in [0.3, 0.4) is 0 Å². The van der Waals surface area contributed by atoms with Gasteiger partial charge in [-0.1, -0.05) is 11.8 Å². The highest BCUT2D eigenvalue weighted by atomic mass is 32.2. The highest BCUT2D eigenvalue weighted by Gasteiger charge is 2.37. The minimum absolute atomic E-state index is 0.144. The zero-order valence-corrected chi connectivity index (χ0v) is 9.64. The van der Waals surface area contributed by atoms with E-state index in [0.717, 1.165) is 0 Å². The van der Waals surface area contributed by atoms with Gasteiger partial charge in [0.05, 0.1) is 6.54 Å². The van der Waals surface area contributed by atoms with Crippen LogP contribution in [0, 0.1) is 0 Å². The summed E-state index contributed by atoms with van der Waals surface area (Å²) in [6.07, 6.45) is -5.40. The van der Waals surface area contributed by atoms with Gasteiger partial charge >= 0.3 is 6.18 Å². The minimum atomic E-state index is -4.66. The number of nitrogens with two attached hydrogens (primary N) is 1. The number of nitrogen functional groups attached to an aromatic ring is 1. The summed E-state index contributed by atoms with van der Waals surface area (Å²) < 4.78 is 36.1.